The lowest BCUT2D eigenvalue weighted by molar-refractivity contribution is -0.142. The maximum Gasteiger partial charge on any atom is 0.306 e. The minimum Gasteiger partial charge on any atom is -0.481 e. The van der Waals surface area contributed by atoms with Crippen LogP contribution in [0.15, 0.2) is 60.7 Å². The highest BCUT2D eigenvalue weighted by atomic mass is 32.2. The van der Waals surface area contributed by atoms with Crippen LogP contribution in [0.4, 0.5) is 0 Å². The summed E-state index contributed by atoms with van der Waals surface area (Å²) in [5.74, 6) is -2.64. The summed E-state index contributed by atoms with van der Waals surface area (Å²) in [5.41, 5.74) is 1.44. The number of carbonyl (C=O) groups excluding carboxylic acids is 1. The van der Waals surface area contributed by atoms with Crippen LogP contribution in [-0.4, -0.2) is 37.1 Å². The molecule has 2 aromatic rings. The van der Waals surface area contributed by atoms with Crippen LogP contribution in [-0.2, 0) is 26.0 Å². The van der Waals surface area contributed by atoms with Gasteiger partial charge < -0.3 is 5.11 Å². The summed E-state index contributed by atoms with van der Waals surface area (Å²) < 4.78 is 26.5. The van der Waals surface area contributed by atoms with Crippen LogP contribution in [0.1, 0.15) is 24.5 Å². The Bertz CT molecular complexity index is 882. The van der Waals surface area contributed by atoms with Gasteiger partial charge in [-0.2, -0.15) is 0 Å². The van der Waals surface area contributed by atoms with E-state index >= 15 is 0 Å². The average Bonchev–Trinajstić information content (AvgIpc) is 2.68. The zero-order valence-electron chi connectivity index (χ0n) is 15.6. The highest BCUT2D eigenvalue weighted by Crippen LogP contribution is 2.18. The third-order valence-corrected chi connectivity index (χ3v) is 5.75. The van der Waals surface area contributed by atoms with Gasteiger partial charge in [0.1, 0.15) is 0 Å². The van der Waals surface area contributed by atoms with Gasteiger partial charge in [0.25, 0.3) is 0 Å². The molecule has 0 bridgehead atoms. The molecular formula is C21H24NO5S. The maximum atomic E-state index is 12.7. The van der Waals surface area contributed by atoms with Crippen molar-refractivity contribution in [2.75, 3.05) is 5.75 Å². The molecule has 7 heteroatoms. The van der Waals surface area contributed by atoms with Gasteiger partial charge in [-0.05, 0) is 30.9 Å². The lowest BCUT2D eigenvalue weighted by Gasteiger charge is -2.21. The molecule has 0 heterocycles. The molecule has 2 atom stereocenters. The van der Waals surface area contributed by atoms with Crippen LogP contribution in [0.2, 0.25) is 0 Å². The van der Waals surface area contributed by atoms with Crippen molar-refractivity contribution >= 4 is 21.8 Å². The lowest BCUT2D eigenvalue weighted by Crippen LogP contribution is -2.44. The Morgan fingerprint density at radius 3 is 2.14 bits per heavy atom. The Morgan fingerprint density at radius 1 is 1.04 bits per heavy atom. The lowest BCUT2D eigenvalue weighted by atomic mass is 9.90. The fraction of sp³-hybridized carbons (Fsp3) is 0.286. The van der Waals surface area contributed by atoms with Crippen molar-refractivity contribution < 1.29 is 23.1 Å². The first-order chi connectivity index (χ1) is 13.3. The molecule has 0 aliphatic rings. The van der Waals surface area contributed by atoms with E-state index in [1.54, 1.807) is 54.6 Å². The highest BCUT2D eigenvalue weighted by molar-refractivity contribution is 7.89. The molecule has 28 heavy (non-hydrogen) atoms. The number of carboxylic acids is 1. The summed E-state index contributed by atoms with van der Waals surface area (Å²) in [5, 5.41) is 9.61. The second-order valence-corrected chi connectivity index (χ2v) is 8.53. The summed E-state index contributed by atoms with van der Waals surface area (Å²) in [6, 6.07) is 16.7. The van der Waals surface area contributed by atoms with E-state index in [0.29, 0.717) is 5.56 Å². The first-order valence-electron chi connectivity index (χ1n) is 9.01. The van der Waals surface area contributed by atoms with E-state index in [0.717, 1.165) is 5.56 Å². The second-order valence-electron chi connectivity index (χ2n) is 6.49. The molecule has 0 spiro atoms. The van der Waals surface area contributed by atoms with Gasteiger partial charge in [0.15, 0.2) is 5.78 Å². The number of sulfonamides is 1. The monoisotopic (exact) mass is 402 g/mol. The first kappa shape index (κ1) is 21.8. The largest absolute Gasteiger partial charge is 0.481 e. The third kappa shape index (κ3) is 6.90. The van der Waals surface area contributed by atoms with E-state index in [-0.39, 0.29) is 18.6 Å². The van der Waals surface area contributed by atoms with Gasteiger partial charge in [-0.15, -0.1) is 0 Å². The Labute approximate surface area is 165 Å². The normalized spacial score (nSPS) is 13.6. The number of aliphatic carboxylic acids is 1. The number of ketones is 1. The van der Waals surface area contributed by atoms with Gasteiger partial charge in [-0.1, -0.05) is 60.7 Å². The van der Waals surface area contributed by atoms with Crippen molar-refractivity contribution in [1.29, 1.82) is 0 Å². The van der Waals surface area contributed by atoms with Gasteiger partial charge in [-0.3, -0.25) is 9.59 Å². The smallest absolute Gasteiger partial charge is 0.306 e. The van der Waals surface area contributed by atoms with Crippen molar-refractivity contribution in [3.8, 4) is 0 Å². The summed E-state index contributed by atoms with van der Waals surface area (Å²) in [6.07, 6.45) is 1.41. The fourth-order valence-electron chi connectivity index (χ4n) is 2.79. The number of hydrogen-bond donors (Lipinski definition) is 2. The summed E-state index contributed by atoms with van der Waals surface area (Å²) in [6.45, 7) is 1.46. The molecule has 149 valence electrons. The molecule has 0 amide bonds. The van der Waals surface area contributed by atoms with Crippen molar-refractivity contribution in [2.45, 2.75) is 25.8 Å². The first-order valence-corrected chi connectivity index (χ1v) is 10.7. The number of carboxylic acid groups (broad SMARTS) is 1. The van der Waals surface area contributed by atoms with Crippen LogP contribution in [0.25, 0.3) is 0 Å². The van der Waals surface area contributed by atoms with Gasteiger partial charge in [0, 0.05) is 0 Å². The standard InChI is InChI=1S/C21H24NO5S/c1-2-28(26,27)22-19(20(23)14-17-11-7-4-8-12-17)15-18(21(24)25)13-16-9-5-3-6-10-16/h3-12,14,18-19,22H,2,13,15H2,1H3,(H,24,25)/t18?,19-/m0/s1. The number of nitrogens with one attached hydrogen (secondary N) is 1. The van der Waals surface area contributed by atoms with E-state index in [2.05, 4.69) is 4.72 Å². The van der Waals surface area contributed by atoms with Crippen LogP contribution in [0, 0.1) is 12.3 Å². The minimum absolute atomic E-state index is 0.133. The summed E-state index contributed by atoms with van der Waals surface area (Å²) in [4.78, 5) is 24.5. The topological polar surface area (TPSA) is 101 Å². The SMILES string of the molecule is CCS(=O)(=O)N[C@@H](CC(Cc1ccccc1)C(=O)O)C(=O)[CH]c1ccccc1. The molecule has 0 aliphatic heterocycles. The molecule has 2 aromatic carbocycles. The van der Waals surface area contributed by atoms with Crippen LogP contribution >= 0.6 is 0 Å². The fourth-order valence-corrected chi connectivity index (χ4v) is 3.60. The number of benzene rings is 2. The molecule has 0 fully saturated rings. The van der Waals surface area contributed by atoms with E-state index in [4.69, 9.17) is 0 Å². The van der Waals surface area contributed by atoms with Crippen molar-refractivity contribution in [1.82, 2.24) is 4.72 Å². The Balaban J connectivity index is 2.20. The molecule has 0 saturated heterocycles. The zero-order valence-corrected chi connectivity index (χ0v) is 16.4. The van der Waals surface area contributed by atoms with E-state index in [9.17, 15) is 23.1 Å². The van der Waals surface area contributed by atoms with Gasteiger partial charge in [-0.25, -0.2) is 13.1 Å². The number of rotatable bonds is 11. The van der Waals surface area contributed by atoms with Crippen molar-refractivity contribution in [3.63, 3.8) is 0 Å². The molecule has 6 nitrogen and oxygen atoms in total. The van der Waals surface area contributed by atoms with E-state index in [1.165, 1.54) is 13.3 Å². The number of hydrogen-bond acceptors (Lipinski definition) is 4. The molecule has 1 radical (unpaired) electrons. The van der Waals surface area contributed by atoms with E-state index < -0.39 is 33.7 Å². The Kier molecular flexibility index (Phi) is 7.90. The molecular weight excluding hydrogens is 378 g/mol. The van der Waals surface area contributed by atoms with Gasteiger partial charge >= 0.3 is 5.97 Å². The predicted octanol–water partition coefficient (Wildman–Crippen LogP) is 2.45. The molecule has 0 aliphatic carbocycles. The number of carbonyl (C=O) groups is 2. The predicted molar refractivity (Wildman–Crippen MR) is 107 cm³/mol. The second kappa shape index (κ2) is 10.1. The maximum absolute atomic E-state index is 12.7. The van der Waals surface area contributed by atoms with E-state index in [1.807, 2.05) is 6.07 Å². The van der Waals surface area contributed by atoms with Crippen LogP contribution in [0.3, 0.4) is 0 Å². The quantitative estimate of drug-likeness (QED) is 0.601. The average molecular weight is 402 g/mol. The van der Waals surface area contributed by atoms with Crippen molar-refractivity contribution in [3.05, 3.63) is 78.2 Å². The summed E-state index contributed by atoms with van der Waals surface area (Å²) >= 11 is 0. The summed E-state index contributed by atoms with van der Waals surface area (Å²) in [7, 11) is -3.68. The number of Topliss-reactive ketones (excluding diaryl/α,β-unsaturated/α-hetero) is 1. The Hall–Kier alpha value is -2.51. The highest BCUT2D eigenvalue weighted by Gasteiger charge is 2.30. The Morgan fingerprint density at radius 2 is 1.61 bits per heavy atom. The van der Waals surface area contributed by atoms with Gasteiger partial charge in [0.05, 0.1) is 24.1 Å². The van der Waals surface area contributed by atoms with Crippen LogP contribution in [0.5, 0.6) is 0 Å². The molecule has 2 rings (SSSR count). The van der Waals surface area contributed by atoms with Crippen molar-refractivity contribution in [2.24, 2.45) is 5.92 Å². The van der Waals surface area contributed by atoms with Gasteiger partial charge in [0.2, 0.25) is 10.0 Å². The minimum atomic E-state index is -3.68. The molecule has 1 unspecified atom stereocenters. The molecule has 0 saturated carbocycles. The zero-order chi connectivity index (χ0) is 20.6. The molecule has 2 N–H and O–H groups in total. The third-order valence-electron chi connectivity index (χ3n) is 4.35. The molecule has 0 aromatic heterocycles. The van der Waals surface area contributed by atoms with Crippen LogP contribution < -0.4 is 4.72 Å².